The van der Waals surface area contributed by atoms with E-state index in [2.05, 4.69) is 27.9 Å². The van der Waals surface area contributed by atoms with Gasteiger partial charge in [0.15, 0.2) is 0 Å². The van der Waals surface area contributed by atoms with Gasteiger partial charge in [-0.1, -0.05) is 59.7 Å². The van der Waals surface area contributed by atoms with Gasteiger partial charge in [-0.15, -0.1) is 0 Å². The van der Waals surface area contributed by atoms with E-state index in [1.54, 1.807) is 30.3 Å². The number of esters is 1. The van der Waals surface area contributed by atoms with Crippen molar-refractivity contribution in [3.8, 4) is 11.3 Å². The molecule has 1 heterocycles. The minimum absolute atomic E-state index is 0.147. The molecule has 0 spiro atoms. The van der Waals surface area contributed by atoms with Crippen LogP contribution in [0.2, 0.25) is 0 Å². The minimum atomic E-state index is -3.39. The molecule has 0 saturated carbocycles. The van der Waals surface area contributed by atoms with Crippen molar-refractivity contribution in [2.75, 3.05) is 11.0 Å². The van der Waals surface area contributed by atoms with E-state index in [-0.39, 0.29) is 18.1 Å². The quantitative estimate of drug-likeness (QED) is 0.0954. The van der Waals surface area contributed by atoms with Crippen molar-refractivity contribution in [3.63, 3.8) is 0 Å². The maximum Gasteiger partial charge on any atom is 0.335 e. The van der Waals surface area contributed by atoms with E-state index < -0.39 is 28.0 Å². The van der Waals surface area contributed by atoms with Crippen LogP contribution in [0.25, 0.3) is 22.2 Å². The minimum Gasteiger partial charge on any atom is -0.478 e. The first-order valence-corrected chi connectivity index (χ1v) is 17.7. The molecule has 4 aromatic carbocycles. The molecule has 0 aliphatic carbocycles. The Balaban J connectivity index is 1.40. The lowest BCUT2D eigenvalue weighted by Gasteiger charge is -2.21. The van der Waals surface area contributed by atoms with Crippen molar-refractivity contribution in [2.45, 2.75) is 52.2 Å². The van der Waals surface area contributed by atoms with E-state index >= 15 is 0 Å². The number of anilines is 1. The number of carboxylic acid groups (broad SMARTS) is 1. The van der Waals surface area contributed by atoms with Gasteiger partial charge in [0.25, 0.3) is 0 Å². The zero-order chi connectivity index (χ0) is 34.4. The number of carboxylic acids is 1. The van der Waals surface area contributed by atoms with Crippen molar-refractivity contribution in [3.05, 3.63) is 124 Å². The number of hydrogen-bond donors (Lipinski definition) is 4. The average molecular weight is 668 g/mol. The number of rotatable bonds is 14. The third-order valence-electron chi connectivity index (χ3n) is 8.31. The molecule has 2 unspecified atom stereocenters. The van der Waals surface area contributed by atoms with Crippen LogP contribution in [0.15, 0.2) is 91.0 Å². The molecule has 2 atom stereocenters. The van der Waals surface area contributed by atoms with Crippen LogP contribution in [0.3, 0.4) is 0 Å². The standard InChI is InChI=1S/C38H41N3O6S/c1-24-17-25(2)19-30(18-24)36-34(33-21-28(37(42)43)13-16-35(33)40-36)22-31(39)20-29(38(44)47-23-27-7-5-4-6-8-27)12-9-26-10-14-32(15-11-26)41-48(3,45)46/h4-8,10-11,13-19,21,29,31,40-41H,9,12,20,22-23,39H2,1-3H3,(H,42,43). The van der Waals surface area contributed by atoms with E-state index in [9.17, 15) is 23.1 Å². The van der Waals surface area contributed by atoms with Gasteiger partial charge >= 0.3 is 11.9 Å². The molecule has 1 aromatic heterocycles. The average Bonchev–Trinajstić information content (AvgIpc) is 3.39. The van der Waals surface area contributed by atoms with Gasteiger partial charge in [-0.2, -0.15) is 0 Å². The molecule has 0 fully saturated rings. The van der Waals surface area contributed by atoms with Gasteiger partial charge in [-0.25, -0.2) is 13.2 Å². The lowest BCUT2D eigenvalue weighted by atomic mass is 9.89. The Morgan fingerprint density at radius 1 is 0.917 bits per heavy atom. The first kappa shape index (κ1) is 34.4. The van der Waals surface area contributed by atoms with Crippen LogP contribution in [-0.2, 0) is 39.0 Å². The summed E-state index contributed by atoms with van der Waals surface area (Å²) in [4.78, 5) is 28.9. The van der Waals surface area contributed by atoms with E-state index in [0.29, 0.717) is 31.4 Å². The number of sulfonamides is 1. The first-order chi connectivity index (χ1) is 22.8. The molecule has 0 saturated heterocycles. The molecule has 0 radical (unpaired) electrons. The van der Waals surface area contributed by atoms with Crippen LogP contribution in [0.1, 0.15) is 51.0 Å². The number of nitrogens with two attached hydrogens (primary N) is 1. The number of carbonyl (C=O) groups excluding carboxylic acids is 1. The molecular weight excluding hydrogens is 627 g/mol. The highest BCUT2D eigenvalue weighted by Crippen LogP contribution is 2.34. The molecule has 5 rings (SSSR count). The summed E-state index contributed by atoms with van der Waals surface area (Å²) in [7, 11) is -3.39. The molecule has 0 aliphatic heterocycles. The second-order valence-corrected chi connectivity index (χ2v) is 14.3. The number of benzene rings is 4. The summed E-state index contributed by atoms with van der Waals surface area (Å²) in [5.74, 6) is -1.86. The fourth-order valence-corrected chi connectivity index (χ4v) is 6.71. The van der Waals surface area contributed by atoms with E-state index in [1.165, 1.54) is 0 Å². The molecular formula is C38H41N3O6S. The molecule has 250 valence electrons. The summed E-state index contributed by atoms with van der Waals surface area (Å²) in [6.07, 6.45) is 2.88. The lowest BCUT2D eigenvalue weighted by Crippen LogP contribution is -2.30. The number of carbonyl (C=O) groups is 2. The highest BCUT2D eigenvalue weighted by Gasteiger charge is 2.25. The zero-order valence-corrected chi connectivity index (χ0v) is 28.1. The van der Waals surface area contributed by atoms with Crippen molar-refractivity contribution >= 4 is 38.6 Å². The second kappa shape index (κ2) is 14.9. The van der Waals surface area contributed by atoms with Crippen LogP contribution in [0, 0.1) is 19.8 Å². The highest BCUT2D eigenvalue weighted by molar-refractivity contribution is 7.92. The van der Waals surface area contributed by atoms with Crippen molar-refractivity contribution < 1.29 is 27.9 Å². The number of aromatic amines is 1. The Morgan fingerprint density at radius 3 is 2.25 bits per heavy atom. The summed E-state index contributed by atoms with van der Waals surface area (Å²) in [5.41, 5.74) is 15.1. The first-order valence-electron chi connectivity index (χ1n) is 15.8. The van der Waals surface area contributed by atoms with Crippen LogP contribution in [0.4, 0.5) is 5.69 Å². The summed E-state index contributed by atoms with van der Waals surface area (Å²) in [5, 5.41) is 10.5. The molecule has 0 aliphatic rings. The zero-order valence-electron chi connectivity index (χ0n) is 27.3. The van der Waals surface area contributed by atoms with Crippen LogP contribution < -0.4 is 10.5 Å². The SMILES string of the molecule is Cc1cc(C)cc(-c2[nH]c3ccc(C(=O)O)cc3c2CC(N)CC(CCc2ccc(NS(C)(=O)=O)cc2)C(=O)OCc2ccccc2)c1. The molecule has 9 nitrogen and oxygen atoms in total. The van der Waals surface area contributed by atoms with Gasteiger partial charge in [-0.3, -0.25) is 9.52 Å². The van der Waals surface area contributed by atoms with E-state index in [1.807, 2.05) is 56.3 Å². The van der Waals surface area contributed by atoms with Gasteiger partial charge in [0.2, 0.25) is 10.0 Å². The lowest BCUT2D eigenvalue weighted by molar-refractivity contribution is -0.150. The van der Waals surface area contributed by atoms with Gasteiger partial charge in [0, 0.05) is 28.3 Å². The number of aromatic carboxylic acids is 1. The number of hydrogen-bond acceptors (Lipinski definition) is 6. The number of fused-ring (bicyclic) bond motifs is 1. The number of aryl methyl sites for hydroxylation is 3. The number of aromatic nitrogens is 1. The normalized spacial score (nSPS) is 12.8. The predicted octanol–water partition coefficient (Wildman–Crippen LogP) is 6.77. The maximum atomic E-state index is 13.6. The number of ether oxygens (including phenoxy) is 1. The highest BCUT2D eigenvalue weighted by atomic mass is 32.2. The smallest absolute Gasteiger partial charge is 0.335 e. The summed E-state index contributed by atoms with van der Waals surface area (Å²) < 4.78 is 31.4. The van der Waals surface area contributed by atoms with E-state index in [4.69, 9.17) is 10.5 Å². The molecule has 0 bridgehead atoms. The Labute approximate surface area is 281 Å². The monoisotopic (exact) mass is 667 g/mol. The molecule has 5 aromatic rings. The second-order valence-electron chi connectivity index (χ2n) is 12.5. The maximum absolute atomic E-state index is 13.6. The topological polar surface area (TPSA) is 152 Å². The van der Waals surface area contributed by atoms with E-state index in [0.717, 1.165) is 56.2 Å². The van der Waals surface area contributed by atoms with Crippen molar-refractivity contribution in [2.24, 2.45) is 11.7 Å². The predicted molar refractivity (Wildman–Crippen MR) is 189 cm³/mol. The van der Waals surface area contributed by atoms with Gasteiger partial charge in [-0.05, 0) is 104 Å². The summed E-state index contributed by atoms with van der Waals surface area (Å²) in [6, 6.07) is 27.4. The van der Waals surface area contributed by atoms with Crippen LogP contribution in [0.5, 0.6) is 0 Å². The Bertz CT molecular complexity index is 2000. The third-order valence-corrected chi connectivity index (χ3v) is 8.92. The van der Waals surface area contributed by atoms with Gasteiger partial charge in [0.1, 0.15) is 6.61 Å². The fourth-order valence-electron chi connectivity index (χ4n) is 6.14. The van der Waals surface area contributed by atoms with Gasteiger partial charge < -0.3 is 20.6 Å². The number of nitrogens with one attached hydrogen (secondary N) is 2. The fraction of sp³-hybridized carbons (Fsp3) is 0.263. The van der Waals surface area contributed by atoms with Crippen LogP contribution in [-0.4, -0.2) is 42.7 Å². The molecule has 48 heavy (non-hydrogen) atoms. The van der Waals surface area contributed by atoms with Gasteiger partial charge in [0.05, 0.1) is 17.7 Å². The van der Waals surface area contributed by atoms with Crippen molar-refractivity contribution in [1.29, 1.82) is 0 Å². The molecule has 5 N–H and O–H groups in total. The largest absolute Gasteiger partial charge is 0.478 e. The Morgan fingerprint density at radius 2 is 1.60 bits per heavy atom. The Hall–Kier alpha value is -4.93. The van der Waals surface area contributed by atoms with Crippen molar-refractivity contribution in [1.82, 2.24) is 4.98 Å². The van der Waals surface area contributed by atoms with Crippen LogP contribution >= 0.6 is 0 Å². The summed E-state index contributed by atoms with van der Waals surface area (Å²) >= 11 is 0. The number of H-pyrrole nitrogens is 1. The third kappa shape index (κ3) is 9.11. The Kier molecular flexibility index (Phi) is 10.7. The summed E-state index contributed by atoms with van der Waals surface area (Å²) in [6.45, 7) is 4.22. The molecule has 10 heteroatoms. The molecule has 0 amide bonds.